The molecule has 5 heteroatoms. The van der Waals surface area contributed by atoms with Crippen molar-refractivity contribution in [3.8, 4) is 5.75 Å². The van der Waals surface area contributed by atoms with Crippen molar-refractivity contribution in [2.24, 2.45) is 0 Å². The average Bonchev–Trinajstić information content (AvgIpc) is 2.50. The van der Waals surface area contributed by atoms with Crippen LogP contribution in [0.1, 0.15) is 18.1 Å². The second-order valence-corrected chi connectivity index (χ2v) is 5.26. The van der Waals surface area contributed by atoms with Crippen LogP contribution in [0.3, 0.4) is 0 Å². The Hall–Kier alpha value is -2.82. The molecular formula is C18H20N2O3. The van der Waals surface area contributed by atoms with Gasteiger partial charge in [-0.2, -0.15) is 0 Å². The highest BCUT2D eigenvalue weighted by atomic mass is 16.5. The summed E-state index contributed by atoms with van der Waals surface area (Å²) in [6, 6.07) is 12.7. The number of aryl methyl sites for hydroxylation is 1. The number of benzene rings is 2. The van der Waals surface area contributed by atoms with E-state index < -0.39 is 0 Å². The van der Waals surface area contributed by atoms with Crippen molar-refractivity contribution in [2.75, 3.05) is 17.2 Å². The monoisotopic (exact) mass is 312 g/mol. The number of amides is 2. The standard InChI is InChI=1S/C18H20N2O3/c1-12-7-6-9-15(13(12)2)20-18(22)11-23-17-10-5-4-8-16(17)19-14(3)21/h4-10H,11H2,1-3H3,(H,19,21)(H,20,22). The predicted octanol–water partition coefficient (Wildman–Crippen LogP) is 3.28. The number of rotatable bonds is 5. The normalized spacial score (nSPS) is 10.0. The molecule has 0 radical (unpaired) electrons. The predicted molar refractivity (Wildman–Crippen MR) is 90.8 cm³/mol. The molecule has 2 N–H and O–H groups in total. The third kappa shape index (κ3) is 4.57. The van der Waals surface area contributed by atoms with E-state index in [0.717, 1.165) is 16.8 Å². The van der Waals surface area contributed by atoms with Crippen LogP contribution < -0.4 is 15.4 Å². The fourth-order valence-electron chi connectivity index (χ4n) is 2.10. The zero-order valence-electron chi connectivity index (χ0n) is 13.5. The number of carbonyl (C=O) groups excluding carboxylic acids is 2. The van der Waals surface area contributed by atoms with E-state index in [1.807, 2.05) is 32.0 Å². The van der Waals surface area contributed by atoms with E-state index in [2.05, 4.69) is 10.6 Å². The summed E-state index contributed by atoms with van der Waals surface area (Å²) in [5.41, 5.74) is 3.45. The van der Waals surface area contributed by atoms with Crippen LogP contribution in [0.2, 0.25) is 0 Å². The van der Waals surface area contributed by atoms with Crippen LogP contribution in [0.25, 0.3) is 0 Å². The molecule has 0 saturated carbocycles. The largest absolute Gasteiger partial charge is 0.482 e. The number of para-hydroxylation sites is 2. The molecule has 2 amide bonds. The van der Waals surface area contributed by atoms with Gasteiger partial charge in [-0.3, -0.25) is 9.59 Å². The average molecular weight is 312 g/mol. The first-order valence-corrected chi connectivity index (χ1v) is 7.33. The van der Waals surface area contributed by atoms with Crippen molar-refractivity contribution >= 4 is 23.2 Å². The van der Waals surface area contributed by atoms with E-state index in [1.165, 1.54) is 6.92 Å². The summed E-state index contributed by atoms with van der Waals surface area (Å²) >= 11 is 0. The Balaban J connectivity index is 2.00. The lowest BCUT2D eigenvalue weighted by Crippen LogP contribution is -2.21. The molecule has 0 heterocycles. The number of carbonyl (C=O) groups is 2. The second kappa shape index (κ2) is 7.45. The van der Waals surface area contributed by atoms with Gasteiger partial charge in [0.05, 0.1) is 5.69 Å². The Bertz CT molecular complexity index is 726. The van der Waals surface area contributed by atoms with Crippen molar-refractivity contribution in [1.29, 1.82) is 0 Å². The maximum Gasteiger partial charge on any atom is 0.262 e. The zero-order chi connectivity index (χ0) is 16.8. The Morgan fingerprint density at radius 3 is 2.39 bits per heavy atom. The SMILES string of the molecule is CC(=O)Nc1ccccc1OCC(=O)Nc1cccc(C)c1C. The van der Waals surface area contributed by atoms with Gasteiger partial charge in [0, 0.05) is 12.6 Å². The molecule has 2 aromatic rings. The van der Waals surface area contributed by atoms with Crippen LogP contribution in [0.15, 0.2) is 42.5 Å². The van der Waals surface area contributed by atoms with Gasteiger partial charge in [0.15, 0.2) is 6.61 Å². The Morgan fingerprint density at radius 1 is 0.957 bits per heavy atom. The van der Waals surface area contributed by atoms with Gasteiger partial charge in [0.25, 0.3) is 5.91 Å². The van der Waals surface area contributed by atoms with Crippen molar-refractivity contribution in [2.45, 2.75) is 20.8 Å². The van der Waals surface area contributed by atoms with Crippen LogP contribution in [0.4, 0.5) is 11.4 Å². The third-order valence-corrected chi connectivity index (χ3v) is 3.44. The smallest absolute Gasteiger partial charge is 0.262 e. The lowest BCUT2D eigenvalue weighted by atomic mass is 10.1. The number of hydrogen-bond donors (Lipinski definition) is 2. The Kier molecular flexibility index (Phi) is 5.36. The van der Waals surface area contributed by atoms with Crippen LogP contribution >= 0.6 is 0 Å². The zero-order valence-corrected chi connectivity index (χ0v) is 13.5. The van der Waals surface area contributed by atoms with Crippen molar-refractivity contribution in [3.63, 3.8) is 0 Å². The van der Waals surface area contributed by atoms with Gasteiger partial charge >= 0.3 is 0 Å². The number of anilines is 2. The summed E-state index contributed by atoms with van der Waals surface area (Å²) in [5, 5.41) is 5.50. The molecule has 0 saturated heterocycles. The summed E-state index contributed by atoms with van der Waals surface area (Å²) in [6.07, 6.45) is 0. The minimum Gasteiger partial charge on any atom is -0.482 e. The molecule has 0 aliphatic heterocycles. The summed E-state index contributed by atoms with van der Waals surface area (Å²) < 4.78 is 5.52. The van der Waals surface area contributed by atoms with Gasteiger partial charge in [-0.25, -0.2) is 0 Å². The minimum absolute atomic E-state index is 0.135. The lowest BCUT2D eigenvalue weighted by Gasteiger charge is -2.13. The van der Waals surface area contributed by atoms with E-state index in [0.29, 0.717) is 11.4 Å². The molecule has 2 rings (SSSR count). The van der Waals surface area contributed by atoms with E-state index in [4.69, 9.17) is 4.74 Å². The van der Waals surface area contributed by atoms with Gasteiger partial charge in [0.2, 0.25) is 5.91 Å². The highest BCUT2D eigenvalue weighted by molar-refractivity contribution is 5.93. The summed E-state index contributed by atoms with van der Waals surface area (Å²) in [4.78, 5) is 23.2. The van der Waals surface area contributed by atoms with Crippen LogP contribution in [-0.4, -0.2) is 18.4 Å². The van der Waals surface area contributed by atoms with Gasteiger partial charge in [-0.1, -0.05) is 24.3 Å². The lowest BCUT2D eigenvalue weighted by molar-refractivity contribution is -0.118. The molecule has 2 aromatic carbocycles. The first-order chi connectivity index (χ1) is 11.0. The van der Waals surface area contributed by atoms with Crippen molar-refractivity contribution in [3.05, 3.63) is 53.6 Å². The van der Waals surface area contributed by atoms with E-state index in [-0.39, 0.29) is 18.4 Å². The number of nitrogens with one attached hydrogen (secondary N) is 2. The topological polar surface area (TPSA) is 67.4 Å². The molecule has 120 valence electrons. The molecule has 23 heavy (non-hydrogen) atoms. The second-order valence-electron chi connectivity index (χ2n) is 5.26. The molecular weight excluding hydrogens is 292 g/mol. The molecule has 0 fully saturated rings. The molecule has 5 nitrogen and oxygen atoms in total. The Labute approximate surface area is 135 Å². The molecule has 0 unspecified atom stereocenters. The first kappa shape index (κ1) is 16.5. The molecule has 0 aliphatic rings. The molecule has 0 atom stereocenters. The quantitative estimate of drug-likeness (QED) is 0.890. The van der Waals surface area contributed by atoms with E-state index in [1.54, 1.807) is 24.3 Å². The van der Waals surface area contributed by atoms with Crippen LogP contribution in [-0.2, 0) is 9.59 Å². The van der Waals surface area contributed by atoms with E-state index in [9.17, 15) is 9.59 Å². The fourth-order valence-corrected chi connectivity index (χ4v) is 2.10. The third-order valence-electron chi connectivity index (χ3n) is 3.44. The maximum atomic E-state index is 12.1. The maximum absolute atomic E-state index is 12.1. The Morgan fingerprint density at radius 2 is 1.65 bits per heavy atom. The summed E-state index contributed by atoms with van der Waals surface area (Å²) in [6.45, 7) is 5.23. The highest BCUT2D eigenvalue weighted by Crippen LogP contribution is 2.24. The van der Waals surface area contributed by atoms with Gasteiger partial charge < -0.3 is 15.4 Å². The van der Waals surface area contributed by atoms with Crippen LogP contribution in [0.5, 0.6) is 5.75 Å². The van der Waals surface area contributed by atoms with Gasteiger partial charge in [-0.15, -0.1) is 0 Å². The molecule has 0 aliphatic carbocycles. The minimum atomic E-state index is -0.253. The van der Waals surface area contributed by atoms with Gasteiger partial charge in [0.1, 0.15) is 5.75 Å². The van der Waals surface area contributed by atoms with Crippen molar-refractivity contribution in [1.82, 2.24) is 0 Å². The molecule has 0 bridgehead atoms. The molecule has 0 spiro atoms. The number of ether oxygens (including phenoxy) is 1. The van der Waals surface area contributed by atoms with Crippen LogP contribution in [0, 0.1) is 13.8 Å². The first-order valence-electron chi connectivity index (χ1n) is 7.33. The summed E-state index contributed by atoms with van der Waals surface area (Å²) in [7, 11) is 0. The fraction of sp³-hybridized carbons (Fsp3) is 0.222. The number of hydrogen-bond acceptors (Lipinski definition) is 3. The summed E-state index contributed by atoms with van der Waals surface area (Å²) in [5.74, 6) is 0.0102. The van der Waals surface area contributed by atoms with Gasteiger partial charge in [-0.05, 0) is 43.2 Å². The molecule has 0 aromatic heterocycles. The van der Waals surface area contributed by atoms with E-state index >= 15 is 0 Å². The highest BCUT2D eigenvalue weighted by Gasteiger charge is 2.09. The van der Waals surface area contributed by atoms with Crippen molar-refractivity contribution < 1.29 is 14.3 Å².